The van der Waals surface area contributed by atoms with Gasteiger partial charge in [-0.1, -0.05) is 0 Å². The fraction of sp³-hybridized carbons (Fsp3) is 0.462. The molecule has 33 heavy (non-hydrogen) atoms. The van der Waals surface area contributed by atoms with Gasteiger partial charge in [-0.3, -0.25) is 9.36 Å². The summed E-state index contributed by atoms with van der Waals surface area (Å²) in [5.41, 5.74) is 6.13. The van der Waals surface area contributed by atoms with Crippen molar-refractivity contribution in [1.29, 1.82) is 0 Å². The molecule has 0 N–H and O–H groups in total. The number of pyridine rings is 2. The summed E-state index contributed by atoms with van der Waals surface area (Å²) in [5, 5.41) is 1.05. The molecule has 2 aromatic heterocycles. The van der Waals surface area contributed by atoms with Crippen molar-refractivity contribution in [2.24, 2.45) is 7.05 Å². The SMILES string of the molecule is C[C@@H]1CN(c2cc(=O)n(C)c3ncccc23)C[C@@H]2c3ccc(N4CCI(C)CC4)cc3CN12. The number of hydrogen-bond acceptors (Lipinski definition) is 5. The minimum absolute atomic E-state index is 0.00190. The first-order chi connectivity index (χ1) is 16.0. The van der Waals surface area contributed by atoms with Crippen LogP contribution in [0, 0.1) is 0 Å². The van der Waals surface area contributed by atoms with E-state index in [1.807, 2.05) is 6.07 Å². The number of aromatic nitrogens is 2. The fourth-order valence-electron chi connectivity index (χ4n) is 5.79. The molecule has 3 aliphatic heterocycles. The average molecular weight is 557 g/mol. The Morgan fingerprint density at radius 1 is 1.06 bits per heavy atom. The van der Waals surface area contributed by atoms with Crippen molar-refractivity contribution in [3.05, 3.63) is 64.1 Å². The summed E-state index contributed by atoms with van der Waals surface area (Å²) >= 11 is -0.616. The van der Waals surface area contributed by atoms with Gasteiger partial charge in [0.1, 0.15) is 5.65 Å². The van der Waals surface area contributed by atoms with Crippen LogP contribution < -0.4 is 15.4 Å². The van der Waals surface area contributed by atoms with E-state index >= 15 is 0 Å². The minimum atomic E-state index is -0.616. The molecular weight excluding hydrogens is 525 g/mol. The van der Waals surface area contributed by atoms with Crippen molar-refractivity contribution in [1.82, 2.24) is 14.5 Å². The van der Waals surface area contributed by atoms with E-state index < -0.39 is 19.8 Å². The van der Waals surface area contributed by atoms with Gasteiger partial charge in [-0.2, -0.15) is 0 Å². The molecule has 6 rings (SSSR count). The van der Waals surface area contributed by atoms with E-state index in [0.717, 1.165) is 36.4 Å². The van der Waals surface area contributed by atoms with E-state index in [1.165, 1.54) is 38.8 Å². The zero-order valence-corrected chi connectivity index (χ0v) is 21.8. The topological polar surface area (TPSA) is 44.6 Å². The average Bonchev–Trinajstić information content (AvgIpc) is 3.20. The van der Waals surface area contributed by atoms with E-state index in [4.69, 9.17) is 0 Å². The zero-order chi connectivity index (χ0) is 22.7. The van der Waals surface area contributed by atoms with Crippen LogP contribution in [0.4, 0.5) is 11.4 Å². The molecule has 2 saturated heterocycles. The van der Waals surface area contributed by atoms with Gasteiger partial charge >= 0.3 is 152 Å². The third kappa shape index (κ3) is 3.64. The Morgan fingerprint density at radius 3 is 2.70 bits per heavy atom. The molecule has 3 aromatic rings. The van der Waals surface area contributed by atoms with Crippen LogP contribution in [0.1, 0.15) is 24.1 Å². The van der Waals surface area contributed by atoms with Gasteiger partial charge in [0.15, 0.2) is 0 Å². The molecule has 0 bridgehead atoms. The molecule has 0 unspecified atom stereocenters. The number of halogens is 1. The number of aryl methyl sites for hydroxylation is 1. The number of rotatable bonds is 2. The van der Waals surface area contributed by atoms with Crippen molar-refractivity contribution in [2.75, 3.05) is 49.8 Å². The zero-order valence-electron chi connectivity index (χ0n) is 19.7. The summed E-state index contributed by atoms with van der Waals surface area (Å²) < 4.78 is 4.54. The summed E-state index contributed by atoms with van der Waals surface area (Å²) in [5.74, 6) is 0. The van der Waals surface area contributed by atoms with Crippen LogP contribution in [0.2, 0.25) is 0 Å². The first-order valence-corrected chi connectivity index (χ1v) is 17.1. The molecule has 7 heteroatoms. The van der Waals surface area contributed by atoms with Crippen LogP contribution in [0.5, 0.6) is 0 Å². The van der Waals surface area contributed by atoms with Gasteiger partial charge < -0.3 is 0 Å². The number of anilines is 2. The van der Waals surface area contributed by atoms with Gasteiger partial charge in [-0.15, -0.1) is 0 Å². The van der Waals surface area contributed by atoms with E-state index in [0.29, 0.717) is 12.1 Å². The van der Waals surface area contributed by atoms with Gasteiger partial charge in [-0.05, 0) is 12.1 Å². The molecule has 5 heterocycles. The predicted molar refractivity (Wildman–Crippen MR) is 145 cm³/mol. The van der Waals surface area contributed by atoms with E-state index in [2.05, 4.69) is 55.8 Å². The molecule has 0 saturated carbocycles. The standard InChI is InChI=1S/C26H32IN5O/c1-18-15-31(23-14-25(33)29(3)26-22(23)5-4-10-28-26)17-24-21-7-6-20(13-19(21)16-32(18)24)30-11-8-27(2)9-12-30/h4-7,10,13-14,18,24H,8-9,11-12,15-17H2,1-3H3/t18-,24-/m1/s1. The summed E-state index contributed by atoms with van der Waals surface area (Å²) in [6.07, 6.45) is 1.77. The Labute approximate surface area is 202 Å². The van der Waals surface area contributed by atoms with Crippen LogP contribution >= 0.6 is 19.8 Å². The second-order valence-electron chi connectivity index (χ2n) is 9.72. The number of piperazine rings is 1. The Balaban J connectivity index is 1.33. The van der Waals surface area contributed by atoms with Crippen LogP contribution in [0.15, 0.2) is 47.4 Å². The number of alkyl halides is 3. The second kappa shape index (κ2) is 8.27. The summed E-state index contributed by atoms with van der Waals surface area (Å²) in [6, 6.07) is 13.8. The van der Waals surface area contributed by atoms with E-state index in [-0.39, 0.29) is 5.56 Å². The predicted octanol–water partition coefficient (Wildman–Crippen LogP) is 3.66. The summed E-state index contributed by atoms with van der Waals surface area (Å²) in [7, 11) is 1.80. The Kier molecular flexibility index (Phi) is 5.36. The second-order valence-corrected chi connectivity index (χ2v) is 16.0. The van der Waals surface area contributed by atoms with E-state index in [9.17, 15) is 4.79 Å². The summed E-state index contributed by atoms with van der Waals surface area (Å²) in [4.78, 5) is 27.4. The first-order valence-electron chi connectivity index (χ1n) is 11.8. The Bertz CT molecular complexity index is 1270. The molecule has 0 spiro atoms. The van der Waals surface area contributed by atoms with Gasteiger partial charge in [0.2, 0.25) is 0 Å². The van der Waals surface area contributed by atoms with Crippen molar-refractivity contribution in [3.8, 4) is 0 Å². The maximum atomic E-state index is 12.7. The van der Waals surface area contributed by atoms with Crippen LogP contribution in [0.25, 0.3) is 11.0 Å². The Morgan fingerprint density at radius 2 is 1.88 bits per heavy atom. The maximum absolute atomic E-state index is 12.7. The van der Waals surface area contributed by atoms with Gasteiger partial charge in [0.25, 0.3) is 5.56 Å². The van der Waals surface area contributed by atoms with Crippen LogP contribution in [0.3, 0.4) is 0 Å². The van der Waals surface area contributed by atoms with Crippen molar-refractivity contribution >= 4 is 42.2 Å². The van der Waals surface area contributed by atoms with E-state index in [1.54, 1.807) is 23.9 Å². The third-order valence-corrected chi connectivity index (χ3v) is 12.4. The molecule has 1 aromatic carbocycles. The van der Waals surface area contributed by atoms with Crippen molar-refractivity contribution < 1.29 is 0 Å². The Hall–Kier alpha value is -2.13. The molecule has 0 aliphatic carbocycles. The number of benzene rings is 1. The van der Waals surface area contributed by atoms with Gasteiger partial charge in [-0.25, -0.2) is 4.98 Å². The van der Waals surface area contributed by atoms with Gasteiger partial charge in [0.05, 0.1) is 0 Å². The number of fused-ring (bicyclic) bond motifs is 4. The molecule has 6 nitrogen and oxygen atoms in total. The monoisotopic (exact) mass is 557 g/mol. The quantitative estimate of drug-likeness (QED) is 0.356. The van der Waals surface area contributed by atoms with Crippen LogP contribution in [-0.4, -0.2) is 60.5 Å². The fourth-order valence-corrected chi connectivity index (χ4v) is 9.14. The normalized spacial score (nSPS) is 24.3. The molecule has 2 atom stereocenters. The third-order valence-electron chi connectivity index (χ3n) is 7.71. The van der Waals surface area contributed by atoms with Crippen LogP contribution in [-0.2, 0) is 13.6 Å². The number of hydrogen-bond donors (Lipinski definition) is 0. The molecule has 174 valence electrons. The van der Waals surface area contributed by atoms with Crippen molar-refractivity contribution in [2.45, 2.75) is 25.6 Å². The molecule has 2 fully saturated rings. The number of nitrogens with zero attached hydrogens (tertiary/aromatic N) is 5. The molecule has 0 radical (unpaired) electrons. The molecular formula is C26H32IN5O. The van der Waals surface area contributed by atoms with Gasteiger partial charge in [0, 0.05) is 13.2 Å². The van der Waals surface area contributed by atoms with Crippen molar-refractivity contribution in [3.63, 3.8) is 0 Å². The molecule has 3 aliphatic rings. The summed E-state index contributed by atoms with van der Waals surface area (Å²) in [6.45, 7) is 7.65. The molecule has 0 amide bonds. The first kappa shape index (κ1) is 21.4.